The van der Waals surface area contributed by atoms with E-state index >= 15 is 0 Å². The highest BCUT2D eigenvalue weighted by Gasteiger charge is 2.15. The van der Waals surface area contributed by atoms with Gasteiger partial charge in [0, 0.05) is 24.6 Å². The lowest BCUT2D eigenvalue weighted by atomic mass is 10.0. The molecule has 0 atom stereocenters. The van der Waals surface area contributed by atoms with Crippen LogP contribution < -0.4 is 5.32 Å². The Morgan fingerprint density at radius 3 is 2.74 bits per heavy atom. The van der Waals surface area contributed by atoms with Crippen LogP contribution in [0.3, 0.4) is 0 Å². The van der Waals surface area contributed by atoms with E-state index in [0.717, 1.165) is 24.1 Å². The molecule has 1 aromatic carbocycles. The van der Waals surface area contributed by atoms with Crippen LogP contribution in [0.1, 0.15) is 32.1 Å². The second-order valence-corrected chi connectivity index (χ2v) is 5.37. The van der Waals surface area contributed by atoms with E-state index in [4.69, 9.17) is 0 Å². The van der Waals surface area contributed by atoms with Gasteiger partial charge in [0.2, 0.25) is 5.95 Å². The molecule has 1 aromatic heterocycles. The minimum Gasteiger partial charge on any atom is -0.326 e. The fourth-order valence-corrected chi connectivity index (χ4v) is 2.88. The van der Waals surface area contributed by atoms with E-state index in [1.165, 1.54) is 32.1 Å². The molecule has 100 valence electrons. The third-order valence-electron chi connectivity index (χ3n) is 4.00. The van der Waals surface area contributed by atoms with E-state index < -0.39 is 0 Å². The van der Waals surface area contributed by atoms with Gasteiger partial charge in [-0.1, -0.05) is 43.9 Å². The van der Waals surface area contributed by atoms with Crippen molar-refractivity contribution in [1.29, 1.82) is 0 Å². The second-order valence-electron chi connectivity index (χ2n) is 5.37. The molecule has 3 rings (SSSR count). The van der Waals surface area contributed by atoms with E-state index in [9.17, 15) is 0 Å². The molecule has 0 amide bonds. The molecule has 0 bridgehead atoms. The molecule has 3 heteroatoms. The summed E-state index contributed by atoms with van der Waals surface area (Å²) in [6.07, 6.45) is 10.9. The van der Waals surface area contributed by atoms with Crippen LogP contribution in [0.4, 0.5) is 11.6 Å². The molecule has 1 aliphatic carbocycles. The van der Waals surface area contributed by atoms with Gasteiger partial charge in [-0.05, 0) is 24.5 Å². The quantitative estimate of drug-likeness (QED) is 0.867. The Morgan fingerprint density at radius 2 is 1.95 bits per heavy atom. The first-order chi connectivity index (χ1) is 9.42. The van der Waals surface area contributed by atoms with Crippen LogP contribution in [0.5, 0.6) is 0 Å². The van der Waals surface area contributed by atoms with Crippen LogP contribution >= 0.6 is 0 Å². The standard InChI is InChI=1S/C16H21N3/c1-2-8-15(9-3-1)18-16-17-11-13-19(16)12-10-14-6-4-5-7-14/h1-3,8-9,11,13-14H,4-7,10,12H2,(H,17,18). The van der Waals surface area contributed by atoms with Gasteiger partial charge in [0.1, 0.15) is 0 Å². The number of hydrogen-bond acceptors (Lipinski definition) is 2. The average Bonchev–Trinajstić information content (AvgIpc) is 3.09. The summed E-state index contributed by atoms with van der Waals surface area (Å²) in [6.45, 7) is 1.07. The van der Waals surface area contributed by atoms with Crippen molar-refractivity contribution in [3.8, 4) is 0 Å². The van der Waals surface area contributed by atoms with Gasteiger partial charge in [-0.2, -0.15) is 0 Å². The Balaban J connectivity index is 1.61. The highest BCUT2D eigenvalue weighted by atomic mass is 15.2. The lowest BCUT2D eigenvalue weighted by Gasteiger charge is -2.12. The smallest absolute Gasteiger partial charge is 0.207 e. The number of aryl methyl sites for hydroxylation is 1. The fourth-order valence-electron chi connectivity index (χ4n) is 2.88. The molecule has 1 saturated carbocycles. The predicted molar refractivity (Wildman–Crippen MR) is 78.5 cm³/mol. The molecule has 1 aliphatic rings. The summed E-state index contributed by atoms with van der Waals surface area (Å²) in [5.41, 5.74) is 1.09. The number of imidazole rings is 1. The zero-order valence-corrected chi connectivity index (χ0v) is 11.3. The Kier molecular flexibility index (Phi) is 3.82. The Labute approximate surface area is 114 Å². The first kappa shape index (κ1) is 12.3. The van der Waals surface area contributed by atoms with Crippen molar-refractivity contribution in [2.75, 3.05) is 5.32 Å². The van der Waals surface area contributed by atoms with Crippen LogP contribution in [0, 0.1) is 5.92 Å². The summed E-state index contributed by atoms with van der Waals surface area (Å²) in [7, 11) is 0. The van der Waals surface area contributed by atoms with Gasteiger partial charge in [-0.15, -0.1) is 0 Å². The Bertz CT molecular complexity index is 498. The summed E-state index contributed by atoms with van der Waals surface area (Å²) in [5.74, 6) is 1.87. The predicted octanol–water partition coefficient (Wildman–Crippen LogP) is 4.21. The number of aromatic nitrogens is 2. The summed E-state index contributed by atoms with van der Waals surface area (Å²) in [6, 6.07) is 10.2. The van der Waals surface area contributed by atoms with Gasteiger partial charge in [0.15, 0.2) is 0 Å². The fraction of sp³-hybridized carbons (Fsp3) is 0.438. The molecule has 0 spiro atoms. The van der Waals surface area contributed by atoms with Crippen molar-refractivity contribution in [3.63, 3.8) is 0 Å². The molecule has 0 unspecified atom stereocenters. The van der Waals surface area contributed by atoms with Gasteiger partial charge in [-0.3, -0.25) is 0 Å². The minimum absolute atomic E-state index is 0.923. The van der Waals surface area contributed by atoms with E-state index in [2.05, 4.69) is 33.2 Å². The number of rotatable bonds is 5. The van der Waals surface area contributed by atoms with E-state index in [1.54, 1.807) is 0 Å². The van der Waals surface area contributed by atoms with Crippen molar-refractivity contribution in [1.82, 2.24) is 9.55 Å². The summed E-state index contributed by atoms with van der Waals surface area (Å²) >= 11 is 0. The molecule has 19 heavy (non-hydrogen) atoms. The van der Waals surface area contributed by atoms with Crippen molar-refractivity contribution in [2.45, 2.75) is 38.6 Å². The normalized spacial score (nSPS) is 15.8. The lowest BCUT2D eigenvalue weighted by Crippen LogP contribution is -2.06. The number of benzene rings is 1. The van der Waals surface area contributed by atoms with Crippen LogP contribution in [0.2, 0.25) is 0 Å². The zero-order chi connectivity index (χ0) is 12.9. The summed E-state index contributed by atoms with van der Waals surface area (Å²) in [5, 5.41) is 3.38. The SMILES string of the molecule is c1ccc(Nc2nccn2CCC2CCCC2)cc1. The van der Waals surface area contributed by atoms with Crippen LogP contribution in [-0.2, 0) is 6.54 Å². The highest BCUT2D eigenvalue weighted by molar-refractivity contribution is 5.52. The van der Waals surface area contributed by atoms with Crippen molar-refractivity contribution in [3.05, 3.63) is 42.7 Å². The topological polar surface area (TPSA) is 29.9 Å². The third kappa shape index (κ3) is 3.16. The number of anilines is 2. The molecular weight excluding hydrogens is 234 g/mol. The van der Waals surface area contributed by atoms with Gasteiger partial charge in [-0.25, -0.2) is 4.98 Å². The molecule has 1 fully saturated rings. The molecule has 1 N–H and O–H groups in total. The van der Waals surface area contributed by atoms with E-state index in [1.807, 2.05) is 24.4 Å². The molecular formula is C16H21N3. The second kappa shape index (κ2) is 5.91. The van der Waals surface area contributed by atoms with Crippen molar-refractivity contribution < 1.29 is 0 Å². The largest absolute Gasteiger partial charge is 0.326 e. The molecule has 0 radical (unpaired) electrons. The Hall–Kier alpha value is -1.77. The van der Waals surface area contributed by atoms with E-state index in [-0.39, 0.29) is 0 Å². The van der Waals surface area contributed by atoms with Gasteiger partial charge >= 0.3 is 0 Å². The number of hydrogen-bond donors (Lipinski definition) is 1. The van der Waals surface area contributed by atoms with Gasteiger partial charge in [0.05, 0.1) is 0 Å². The monoisotopic (exact) mass is 255 g/mol. The number of nitrogens with zero attached hydrogens (tertiary/aromatic N) is 2. The molecule has 1 heterocycles. The lowest BCUT2D eigenvalue weighted by molar-refractivity contribution is 0.460. The van der Waals surface area contributed by atoms with E-state index in [0.29, 0.717) is 0 Å². The number of nitrogens with one attached hydrogen (secondary N) is 1. The molecule has 2 aromatic rings. The minimum atomic E-state index is 0.923. The molecule has 3 nitrogen and oxygen atoms in total. The van der Waals surface area contributed by atoms with Crippen LogP contribution in [-0.4, -0.2) is 9.55 Å². The first-order valence-electron chi connectivity index (χ1n) is 7.25. The van der Waals surface area contributed by atoms with Crippen LogP contribution in [0.25, 0.3) is 0 Å². The molecule has 0 saturated heterocycles. The number of para-hydroxylation sites is 1. The van der Waals surface area contributed by atoms with Gasteiger partial charge in [0.25, 0.3) is 0 Å². The van der Waals surface area contributed by atoms with Crippen molar-refractivity contribution >= 4 is 11.6 Å². The summed E-state index contributed by atoms with van der Waals surface area (Å²) in [4.78, 5) is 4.41. The third-order valence-corrected chi connectivity index (χ3v) is 4.00. The maximum Gasteiger partial charge on any atom is 0.207 e. The van der Waals surface area contributed by atoms with Crippen molar-refractivity contribution in [2.24, 2.45) is 5.92 Å². The van der Waals surface area contributed by atoms with Crippen LogP contribution in [0.15, 0.2) is 42.7 Å². The average molecular weight is 255 g/mol. The Morgan fingerprint density at radius 1 is 1.16 bits per heavy atom. The molecule has 0 aliphatic heterocycles. The highest BCUT2D eigenvalue weighted by Crippen LogP contribution is 2.28. The zero-order valence-electron chi connectivity index (χ0n) is 11.3. The maximum atomic E-state index is 4.41. The maximum absolute atomic E-state index is 4.41. The van der Waals surface area contributed by atoms with Gasteiger partial charge < -0.3 is 9.88 Å². The first-order valence-corrected chi connectivity index (χ1v) is 7.25. The summed E-state index contributed by atoms with van der Waals surface area (Å²) < 4.78 is 2.23.